The van der Waals surface area contributed by atoms with Crippen molar-refractivity contribution < 1.29 is 24.2 Å². The number of fused-ring (bicyclic) bond motifs is 3. The first kappa shape index (κ1) is 23.8. The Kier molecular flexibility index (Phi) is 7.50. The zero-order chi connectivity index (χ0) is 24.1. The molecule has 2 amide bonds. The highest BCUT2D eigenvalue weighted by atomic mass is 16.5. The minimum atomic E-state index is -0.788. The first-order valence-corrected chi connectivity index (χ1v) is 12.1. The molecule has 0 heterocycles. The van der Waals surface area contributed by atoms with Crippen LogP contribution in [0.2, 0.25) is 0 Å². The molecule has 2 aliphatic rings. The van der Waals surface area contributed by atoms with Crippen LogP contribution in [-0.4, -0.2) is 42.3 Å². The van der Waals surface area contributed by atoms with Crippen molar-refractivity contribution in [3.8, 4) is 11.1 Å². The van der Waals surface area contributed by atoms with E-state index in [1.165, 1.54) is 22.3 Å². The average Bonchev–Trinajstić information content (AvgIpc) is 3.43. The van der Waals surface area contributed by atoms with E-state index < -0.39 is 12.1 Å². The van der Waals surface area contributed by atoms with E-state index in [1.54, 1.807) is 0 Å². The first-order valence-electron chi connectivity index (χ1n) is 12.1. The van der Waals surface area contributed by atoms with E-state index in [2.05, 4.69) is 34.9 Å². The van der Waals surface area contributed by atoms with Crippen molar-refractivity contribution in [1.82, 2.24) is 10.6 Å². The fraction of sp³-hybridized carbons (Fsp3) is 0.444. The fourth-order valence-electron chi connectivity index (χ4n) is 5.06. The summed E-state index contributed by atoms with van der Waals surface area (Å²) in [6, 6.07) is 16.4. The van der Waals surface area contributed by atoms with E-state index in [1.807, 2.05) is 31.2 Å². The lowest BCUT2D eigenvalue weighted by Crippen LogP contribution is -2.37. The van der Waals surface area contributed by atoms with Gasteiger partial charge in [0.05, 0.1) is 5.92 Å². The molecule has 0 aromatic heterocycles. The predicted molar refractivity (Wildman–Crippen MR) is 128 cm³/mol. The molecule has 0 saturated heterocycles. The first-order chi connectivity index (χ1) is 16.4. The van der Waals surface area contributed by atoms with Gasteiger partial charge in [-0.3, -0.25) is 9.59 Å². The lowest BCUT2D eigenvalue weighted by Gasteiger charge is -2.17. The van der Waals surface area contributed by atoms with Crippen LogP contribution in [0.3, 0.4) is 0 Å². The van der Waals surface area contributed by atoms with Crippen LogP contribution in [0.15, 0.2) is 48.5 Å². The second-order valence-corrected chi connectivity index (χ2v) is 9.35. The minimum Gasteiger partial charge on any atom is -0.481 e. The van der Waals surface area contributed by atoms with Gasteiger partial charge in [0.25, 0.3) is 0 Å². The van der Waals surface area contributed by atoms with Gasteiger partial charge in [-0.15, -0.1) is 0 Å². The lowest BCUT2D eigenvalue weighted by atomic mass is 9.98. The zero-order valence-corrected chi connectivity index (χ0v) is 19.5. The van der Waals surface area contributed by atoms with E-state index in [0.717, 1.165) is 0 Å². The maximum atomic E-state index is 12.4. The van der Waals surface area contributed by atoms with Gasteiger partial charge >= 0.3 is 12.1 Å². The molecule has 3 N–H and O–H groups in total. The molecule has 7 nitrogen and oxygen atoms in total. The standard InChI is InChI=1S/C27H32N2O5/c1-17(25(30)29-19-13-12-18(15-19)26(31)32)7-6-14-28-27(33)34-16-24-22-10-4-2-8-20(22)21-9-3-5-11-23(21)24/h2-5,8-11,17-19,24H,6-7,12-16H2,1H3,(H,28,33)(H,29,30)(H,31,32)/t17?,18-,19+/m0/s1. The monoisotopic (exact) mass is 464 g/mol. The molecule has 0 spiro atoms. The highest BCUT2D eigenvalue weighted by molar-refractivity contribution is 5.79. The fourth-order valence-corrected chi connectivity index (χ4v) is 5.06. The van der Waals surface area contributed by atoms with Crippen LogP contribution in [0.5, 0.6) is 0 Å². The topological polar surface area (TPSA) is 105 Å². The molecule has 1 fully saturated rings. The Morgan fingerprint density at radius 2 is 1.68 bits per heavy atom. The van der Waals surface area contributed by atoms with Gasteiger partial charge in [-0.25, -0.2) is 4.79 Å². The summed E-state index contributed by atoms with van der Waals surface area (Å²) in [4.78, 5) is 35.7. The Balaban J connectivity index is 1.16. The number of ether oxygens (including phenoxy) is 1. The zero-order valence-electron chi connectivity index (χ0n) is 19.5. The summed E-state index contributed by atoms with van der Waals surface area (Å²) in [5.74, 6) is -1.38. The Labute approximate surface area is 199 Å². The van der Waals surface area contributed by atoms with Gasteiger partial charge in [0, 0.05) is 24.4 Å². The van der Waals surface area contributed by atoms with Gasteiger partial charge in [0.15, 0.2) is 0 Å². The van der Waals surface area contributed by atoms with Gasteiger partial charge in [-0.05, 0) is 54.4 Å². The number of hydrogen-bond donors (Lipinski definition) is 3. The van der Waals surface area contributed by atoms with Crippen molar-refractivity contribution >= 4 is 18.0 Å². The molecule has 2 aromatic carbocycles. The normalized spacial score (nSPS) is 19.7. The number of benzene rings is 2. The average molecular weight is 465 g/mol. The largest absolute Gasteiger partial charge is 0.481 e. The number of carbonyl (C=O) groups excluding carboxylic acids is 2. The Hall–Kier alpha value is -3.35. The van der Waals surface area contributed by atoms with Crippen molar-refractivity contribution in [3.05, 3.63) is 59.7 Å². The van der Waals surface area contributed by atoms with Crippen LogP contribution in [0.4, 0.5) is 4.79 Å². The molecule has 1 unspecified atom stereocenters. The van der Waals surface area contributed by atoms with Crippen molar-refractivity contribution in [2.75, 3.05) is 13.2 Å². The highest BCUT2D eigenvalue weighted by Gasteiger charge is 2.31. The van der Waals surface area contributed by atoms with E-state index in [0.29, 0.717) is 38.6 Å². The van der Waals surface area contributed by atoms with E-state index >= 15 is 0 Å². The van der Waals surface area contributed by atoms with Crippen LogP contribution < -0.4 is 10.6 Å². The molecule has 2 aromatic rings. The number of rotatable bonds is 9. The molecule has 7 heteroatoms. The molecule has 3 atom stereocenters. The third-order valence-electron chi connectivity index (χ3n) is 7.00. The molecule has 0 bridgehead atoms. The van der Waals surface area contributed by atoms with Crippen LogP contribution in [0, 0.1) is 11.8 Å². The minimum absolute atomic E-state index is 0.0261. The smallest absolute Gasteiger partial charge is 0.407 e. The highest BCUT2D eigenvalue weighted by Crippen LogP contribution is 2.44. The molecule has 0 aliphatic heterocycles. The summed E-state index contributed by atoms with van der Waals surface area (Å²) in [7, 11) is 0. The molecule has 1 saturated carbocycles. The van der Waals surface area contributed by atoms with Crippen molar-refractivity contribution in [2.45, 2.75) is 51.0 Å². The quantitative estimate of drug-likeness (QED) is 0.480. The number of aliphatic carboxylic acids is 1. The number of carbonyl (C=O) groups is 3. The molecular formula is C27H32N2O5. The Morgan fingerprint density at radius 3 is 2.29 bits per heavy atom. The Bertz CT molecular complexity index is 1010. The molecule has 4 rings (SSSR count). The number of nitrogens with one attached hydrogen (secondary N) is 2. The number of carboxylic acid groups (broad SMARTS) is 1. The molecule has 0 radical (unpaired) electrons. The van der Waals surface area contributed by atoms with Crippen molar-refractivity contribution in [1.29, 1.82) is 0 Å². The number of carboxylic acids is 1. The SMILES string of the molecule is CC(CCCNC(=O)OCC1c2ccccc2-c2ccccc21)C(=O)N[C@@H]1CC[C@H](C(=O)O)C1. The summed E-state index contributed by atoms with van der Waals surface area (Å²) >= 11 is 0. The number of amides is 2. The molecule has 180 valence electrons. The van der Waals surface area contributed by atoms with Gasteiger partial charge < -0.3 is 20.5 Å². The summed E-state index contributed by atoms with van der Waals surface area (Å²) in [5, 5.41) is 14.8. The van der Waals surface area contributed by atoms with Gasteiger partial charge in [0.1, 0.15) is 6.61 Å². The second kappa shape index (κ2) is 10.7. The third-order valence-corrected chi connectivity index (χ3v) is 7.00. The summed E-state index contributed by atoms with van der Waals surface area (Å²) in [6.45, 7) is 2.56. The summed E-state index contributed by atoms with van der Waals surface area (Å²) < 4.78 is 5.53. The second-order valence-electron chi connectivity index (χ2n) is 9.35. The van der Waals surface area contributed by atoms with Crippen molar-refractivity contribution in [3.63, 3.8) is 0 Å². The van der Waals surface area contributed by atoms with Gasteiger partial charge in [-0.1, -0.05) is 55.5 Å². The van der Waals surface area contributed by atoms with E-state index in [-0.39, 0.29) is 36.3 Å². The van der Waals surface area contributed by atoms with E-state index in [9.17, 15) is 14.4 Å². The van der Waals surface area contributed by atoms with Crippen LogP contribution in [0.1, 0.15) is 56.1 Å². The van der Waals surface area contributed by atoms with E-state index in [4.69, 9.17) is 9.84 Å². The molecular weight excluding hydrogens is 432 g/mol. The summed E-state index contributed by atoms with van der Waals surface area (Å²) in [5.41, 5.74) is 4.73. The summed E-state index contributed by atoms with van der Waals surface area (Å²) in [6.07, 6.45) is 2.64. The lowest BCUT2D eigenvalue weighted by molar-refractivity contribution is -0.141. The third kappa shape index (κ3) is 5.41. The van der Waals surface area contributed by atoms with Crippen LogP contribution in [0.25, 0.3) is 11.1 Å². The maximum Gasteiger partial charge on any atom is 0.407 e. The number of hydrogen-bond acceptors (Lipinski definition) is 4. The van der Waals surface area contributed by atoms with Crippen LogP contribution >= 0.6 is 0 Å². The molecule has 34 heavy (non-hydrogen) atoms. The van der Waals surface area contributed by atoms with Crippen molar-refractivity contribution in [2.24, 2.45) is 11.8 Å². The van der Waals surface area contributed by atoms with Gasteiger partial charge in [0.2, 0.25) is 5.91 Å². The van der Waals surface area contributed by atoms with Crippen LogP contribution in [-0.2, 0) is 14.3 Å². The molecule has 2 aliphatic carbocycles. The maximum absolute atomic E-state index is 12.4. The van der Waals surface area contributed by atoms with Gasteiger partial charge in [-0.2, -0.15) is 0 Å². The Morgan fingerprint density at radius 1 is 1.03 bits per heavy atom. The predicted octanol–water partition coefficient (Wildman–Crippen LogP) is 4.31. The number of alkyl carbamates (subject to hydrolysis) is 1.